The summed E-state index contributed by atoms with van der Waals surface area (Å²) in [5, 5.41) is 20.6. The Balaban J connectivity index is 1.73. The van der Waals surface area contributed by atoms with Crippen LogP contribution in [0.4, 0.5) is 0 Å². The van der Waals surface area contributed by atoms with E-state index in [-0.39, 0.29) is 11.5 Å². The van der Waals surface area contributed by atoms with Gasteiger partial charge in [-0.2, -0.15) is 0 Å². The van der Waals surface area contributed by atoms with E-state index in [4.69, 9.17) is 9.47 Å². The molecular formula is C26H28N2O4. The minimum atomic E-state index is 0.0932. The van der Waals surface area contributed by atoms with Gasteiger partial charge in [0.1, 0.15) is 0 Å². The van der Waals surface area contributed by atoms with Gasteiger partial charge in [-0.25, -0.2) is 0 Å². The molecule has 0 heterocycles. The Morgan fingerprint density at radius 1 is 0.688 bits per heavy atom. The molecule has 2 N–H and O–H groups in total. The molecule has 0 atom stereocenters. The lowest BCUT2D eigenvalue weighted by Crippen LogP contribution is -1.99. The molecule has 166 valence electrons. The lowest BCUT2D eigenvalue weighted by Gasteiger charge is -2.09. The van der Waals surface area contributed by atoms with Gasteiger partial charge in [-0.1, -0.05) is 36.4 Å². The zero-order valence-electron chi connectivity index (χ0n) is 18.8. The van der Waals surface area contributed by atoms with Gasteiger partial charge in [0, 0.05) is 22.6 Å². The van der Waals surface area contributed by atoms with E-state index >= 15 is 0 Å². The van der Waals surface area contributed by atoms with Crippen LogP contribution >= 0.6 is 0 Å². The quantitative estimate of drug-likeness (QED) is 0.483. The summed E-state index contributed by atoms with van der Waals surface area (Å²) in [5.74, 6) is 1.04. The number of rotatable bonds is 8. The first kappa shape index (κ1) is 22.9. The van der Waals surface area contributed by atoms with Crippen molar-refractivity contribution in [3.8, 4) is 23.0 Å². The van der Waals surface area contributed by atoms with Gasteiger partial charge in [-0.05, 0) is 49.2 Å². The van der Waals surface area contributed by atoms with E-state index in [1.807, 2.05) is 56.3 Å². The number of benzene rings is 3. The van der Waals surface area contributed by atoms with E-state index in [1.165, 1.54) is 14.2 Å². The van der Waals surface area contributed by atoms with Crippen LogP contribution in [0, 0.1) is 0 Å². The molecule has 0 aliphatic heterocycles. The van der Waals surface area contributed by atoms with E-state index < -0.39 is 0 Å². The van der Waals surface area contributed by atoms with Crippen LogP contribution in [-0.4, -0.2) is 35.9 Å². The highest BCUT2D eigenvalue weighted by atomic mass is 16.5. The van der Waals surface area contributed by atoms with Crippen molar-refractivity contribution in [3.05, 3.63) is 82.9 Å². The molecule has 32 heavy (non-hydrogen) atoms. The molecule has 0 saturated heterocycles. The molecule has 3 aromatic rings. The number of hydrogen-bond donors (Lipinski definition) is 2. The Kier molecular flexibility index (Phi) is 7.49. The summed E-state index contributed by atoms with van der Waals surface area (Å²) in [6, 6.07) is 18.8. The normalized spacial score (nSPS) is 12.0. The monoisotopic (exact) mass is 432 g/mol. The summed E-state index contributed by atoms with van der Waals surface area (Å²) in [6.45, 7) is 4.70. The smallest absolute Gasteiger partial charge is 0.166 e. The minimum absolute atomic E-state index is 0.0932. The summed E-state index contributed by atoms with van der Waals surface area (Å²) in [5.41, 5.74) is 4.85. The molecule has 0 fully saturated rings. The van der Waals surface area contributed by atoms with Crippen LogP contribution < -0.4 is 9.47 Å². The average molecular weight is 433 g/mol. The maximum atomic E-state index is 10.3. The van der Waals surface area contributed by atoms with Crippen molar-refractivity contribution in [1.29, 1.82) is 0 Å². The number of methoxy groups -OCH3 is 2. The number of phenolic OH excluding ortho intramolecular Hbond substituents is 2. The molecule has 0 amide bonds. The van der Waals surface area contributed by atoms with Gasteiger partial charge in [-0.3, -0.25) is 9.98 Å². The molecule has 0 radical (unpaired) electrons. The Bertz CT molecular complexity index is 1070. The molecular weight excluding hydrogens is 404 g/mol. The predicted octanol–water partition coefficient (Wildman–Crippen LogP) is 5.13. The zero-order chi connectivity index (χ0) is 23.1. The summed E-state index contributed by atoms with van der Waals surface area (Å²) >= 11 is 0. The van der Waals surface area contributed by atoms with Gasteiger partial charge in [-0.15, -0.1) is 0 Å². The van der Waals surface area contributed by atoms with E-state index in [1.54, 1.807) is 12.1 Å². The number of aromatic hydroxyl groups is 2. The second-order valence-electron chi connectivity index (χ2n) is 7.34. The van der Waals surface area contributed by atoms with Crippen molar-refractivity contribution in [1.82, 2.24) is 0 Å². The topological polar surface area (TPSA) is 83.6 Å². The number of hydrogen-bond acceptors (Lipinski definition) is 6. The molecule has 3 rings (SSSR count). The van der Waals surface area contributed by atoms with Crippen LogP contribution in [0.15, 0.2) is 70.6 Å². The molecule has 0 aliphatic rings. The van der Waals surface area contributed by atoms with Crippen molar-refractivity contribution in [2.45, 2.75) is 26.9 Å². The highest BCUT2D eigenvalue weighted by Gasteiger charge is 2.11. The number of nitrogens with zero attached hydrogens (tertiary/aromatic N) is 2. The zero-order valence-corrected chi connectivity index (χ0v) is 18.8. The predicted molar refractivity (Wildman–Crippen MR) is 128 cm³/mol. The second-order valence-corrected chi connectivity index (χ2v) is 7.34. The van der Waals surface area contributed by atoms with E-state index in [9.17, 15) is 10.2 Å². The summed E-state index contributed by atoms with van der Waals surface area (Å²) in [7, 11) is 3.05. The van der Waals surface area contributed by atoms with Crippen LogP contribution in [0.5, 0.6) is 23.0 Å². The summed E-state index contributed by atoms with van der Waals surface area (Å²) < 4.78 is 10.3. The molecule has 0 bridgehead atoms. The third-order valence-electron chi connectivity index (χ3n) is 5.21. The highest BCUT2D eigenvalue weighted by Crippen LogP contribution is 2.31. The lowest BCUT2D eigenvalue weighted by molar-refractivity contribution is 0.373. The van der Waals surface area contributed by atoms with Gasteiger partial charge in [0.05, 0.1) is 27.3 Å². The maximum Gasteiger partial charge on any atom is 0.166 e. The van der Waals surface area contributed by atoms with Crippen molar-refractivity contribution >= 4 is 11.4 Å². The van der Waals surface area contributed by atoms with Gasteiger partial charge in [0.2, 0.25) is 0 Å². The van der Waals surface area contributed by atoms with E-state index in [2.05, 4.69) is 16.1 Å². The SMILES string of the molecule is COc1cccc(C(C)=NCc2cccc(CN=C(C)c3cccc(OC)c3O)c2)c1O. The standard InChI is InChI=1S/C26H28N2O4/c1-17(21-10-6-12-23(31-3)25(21)29)27-15-19-8-5-9-20(14-19)16-28-18(2)22-11-7-13-24(32-4)26(22)30/h5-14,29-30H,15-16H2,1-4H3. The maximum absolute atomic E-state index is 10.3. The van der Waals surface area contributed by atoms with Crippen molar-refractivity contribution in [2.75, 3.05) is 14.2 Å². The first-order chi connectivity index (χ1) is 15.4. The Labute approximate surface area is 188 Å². The Hall–Kier alpha value is -3.80. The molecule has 3 aromatic carbocycles. The highest BCUT2D eigenvalue weighted by molar-refractivity contribution is 6.02. The largest absolute Gasteiger partial charge is 0.504 e. The van der Waals surface area contributed by atoms with Crippen molar-refractivity contribution in [3.63, 3.8) is 0 Å². The Morgan fingerprint density at radius 3 is 1.50 bits per heavy atom. The molecule has 0 unspecified atom stereocenters. The number of aliphatic imine (C=N–C) groups is 2. The van der Waals surface area contributed by atoms with Gasteiger partial charge in [0.25, 0.3) is 0 Å². The van der Waals surface area contributed by atoms with Gasteiger partial charge in [0.15, 0.2) is 23.0 Å². The fourth-order valence-corrected chi connectivity index (χ4v) is 3.37. The molecule has 0 aliphatic carbocycles. The fourth-order valence-electron chi connectivity index (χ4n) is 3.37. The third-order valence-corrected chi connectivity index (χ3v) is 5.21. The summed E-state index contributed by atoms with van der Waals surface area (Å²) in [4.78, 5) is 9.27. The first-order valence-electron chi connectivity index (χ1n) is 10.3. The minimum Gasteiger partial charge on any atom is -0.504 e. The van der Waals surface area contributed by atoms with E-state index in [0.717, 1.165) is 22.6 Å². The molecule has 6 heteroatoms. The van der Waals surface area contributed by atoms with Gasteiger partial charge < -0.3 is 19.7 Å². The first-order valence-corrected chi connectivity index (χ1v) is 10.3. The average Bonchev–Trinajstić information content (AvgIpc) is 2.81. The lowest BCUT2D eigenvalue weighted by atomic mass is 10.1. The molecule has 0 spiro atoms. The number of para-hydroxylation sites is 2. The summed E-state index contributed by atoms with van der Waals surface area (Å²) in [6.07, 6.45) is 0. The molecule has 6 nitrogen and oxygen atoms in total. The van der Waals surface area contributed by atoms with Crippen LogP contribution in [0.2, 0.25) is 0 Å². The molecule has 0 saturated carbocycles. The van der Waals surface area contributed by atoms with Crippen LogP contribution in [0.3, 0.4) is 0 Å². The van der Waals surface area contributed by atoms with Crippen molar-refractivity contribution in [2.24, 2.45) is 9.98 Å². The number of phenols is 2. The second kappa shape index (κ2) is 10.5. The van der Waals surface area contributed by atoms with Crippen LogP contribution in [0.1, 0.15) is 36.1 Å². The fraction of sp³-hybridized carbons (Fsp3) is 0.231. The van der Waals surface area contributed by atoms with Crippen LogP contribution in [-0.2, 0) is 13.1 Å². The van der Waals surface area contributed by atoms with E-state index in [0.29, 0.717) is 35.7 Å². The third kappa shape index (κ3) is 5.27. The van der Waals surface area contributed by atoms with Crippen LogP contribution in [0.25, 0.3) is 0 Å². The molecule has 0 aromatic heterocycles. The van der Waals surface area contributed by atoms with Gasteiger partial charge >= 0.3 is 0 Å². The number of ether oxygens (including phenoxy) is 2. The Morgan fingerprint density at radius 2 is 1.09 bits per heavy atom. The van der Waals surface area contributed by atoms with Crippen molar-refractivity contribution < 1.29 is 19.7 Å².